The summed E-state index contributed by atoms with van der Waals surface area (Å²) in [5.74, 6) is 0. The van der Waals surface area contributed by atoms with Crippen molar-refractivity contribution in [3.63, 3.8) is 0 Å². The molecule has 0 heterocycles. The Kier molecular flexibility index (Phi) is 6.59. The average Bonchev–Trinajstić information content (AvgIpc) is 2.55. The van der Waals surface area contributed by atoms with Crippen LogP contribution in [0.2, 0.25) is 5.02 Å². The number of halogens is 9. The van der Waals surface area contributed by atoms with E-state index in [4.69, 9.17) is 11.6 Å². The van der Waals surface area contributed by atoms with Crippen molar-refractivity contribution in [2.24, 2.45) is 0 Å². The van der Waals surface area contributed by atoms with Gasteiger partial charge in [-0.05, 0) is 44.0 Å². The van der Waals surface area contributed by atoms with E-state index < -0.39 is 55.4 Å². The first-order chi connectivity index (χ1) is 13.6. The van der Waals surface area contributed by atoms with Crippen molar-refractivity contribution in [3.8, 4) is 0 Å². The van der Waals surface area contributed by atoms with Gasteiger partial charge in [-0.15, -0.1) is 0 Å². The van der Waals surface area contributed by atoms with Gasteiger partial charge in [-0.1, -0.05) is 11.6 Å². The van der Waals surface area contributed by atoms with Gasteiger partial charge < -0.3 is 5.32 Å². The Morgan fingerprint density at radius 3 is 1.73 bits per heavy atom. The van der Waals surface area contributed by atoms with Crippen molar-refractivity contribution in [3.05, 3.63) is 63.5 Å². The first-order valence-corrected chi connectivity index (χ1v) is 9.07. The topological polar surface area (TPSA) is 98.3 Å². The van der Waals surface area contributed by atoms with Crippen molar-refractivity contribution in [2.75, 3.05) is 5.32 Å². The number of alkyl halides is 6. The fraction of sp³-hybridized carbons (Fsp3) is 0.143. The standard InChI is InChI=1S/C14H4Br2ClF6N3O4/c15-6-1-4(13(18,19)20)2-7(16)10(6)24-11-8(25(27)28)3-5(14(21,22)23)9(17)12(11)26(29)30/h1-3,24H. The molecule has 0 aliphatic carbocycles. The van der Waals surface area contributed by atoms with Gasteiger partial charge in [0.05, 0.1) is 26.7 Å². The predicted molar refractivity (Wildman–Crippen MR) is 99.9 cm³/mol. The van der Waals surface area contributed by atoms with Gasteiger partial charge in [0.15, 0.2) is 5.69 Å². The molecule has 0 unspecified atom stereocenters. The average molecular weight is 587 g/mol. The van der Waals surface area contributed by atoms with E-state index in [1.165, 1.54) is 0 Å². The van der Waals surface area contributed by atoms with Crippen LogP contribution >= 0.6 is 43.5 Å². The molecule has 0 saturated heterocycles. The van der Waals surface area contributed by atoms with Gasteiger partial charge in [0.25, 0.3) is 0 Å². The molecular weight excluding hydrogens is 583 g/mol. The molecule has 0 amide bonds. The van der Waals surface area contributed by atoms with Crippen molar-refractivity contribution in [1.29, 1.82) is 0 Å². The van der Waals surface area contributed by atoms with Crippen LogP contribution in [0.1, 0.15) is 11.1 Å². The van der Waals surface area contributed by atoms with Crippen LogP contribution in [0.4, 0.5) is 49.1 Å². The number of nitrogens with one attached hydrogen (secondary N) is 1. The Labute approximate surface area is 183 Å². The summed E-state index contributed by atoms with van der Waals surface area (Å²) in [5.41, 5.74) is -7.21. The summed E-state index contributed by atoms with van der Waals surface area (Å²) in [4.78, 5) is 20.0. The first kappa shape index (κ1) is 24.1. The second-order valence-electron chi connectivity index (χ2n) is 5.43. The number of rotatable bonds is 4. The fourth-order valence-electron chi connectivity index (χ4n) is 2.26. The van der Waals surface area contributed by atoms with Crippen LogP contribution in [0.3, 0.4) is 0 Å². The van der Waals surface area contributed by atoms with Gasteiger partial charge in [0, 0.05) is 15.0 Å². The fourth-order valence-corrected chi connectivity index (χ4v) is 3.97. The van der Waals surface area contributed by atoms with Crippen LogP contribution in [0.15, 0.2) is 27.1 Å². The van der Waals surface area contributed by atoms with Crippen LogP contribution in [0, 0.1) is 20.2 Å². The van der Waals surface area contributed by atoms with Gasteiger partial charge in [-0.2, -0.15) is 26.3 Å². The third kappa shape index (κ3) is 4.78. The van der Waals surface area contributed by atoms with Gasteiger partial charge in [-0.25, -0.2) is 0 Å². The van der Waals surface area contributed by atoms with Gasteiger partial charge in [0.1, 0.15) is 5.02 Å². The highest BCUT2D eigenvalue weighted by Gasteiger charge is 2.42. The molecule has 0 spiro atoms. The number of nitro benzene ring substituents is 2. The number of anilines is 2. The molecule has 0 saturated carbocycles. The Morgan fingerprint density at radius 1 is 0.867 bits per heavy atom. The molecule has 16 heteroatoms. The zero-order valence-corrected chi connectivity index (χ0v) is 17.6. The number of hydrogen-bond acceptors (Lipinski definition) is 5. The van der Waals surface area contributed by atoms with Crippen LogP contribution < -0.4 is 5.32 Å². The highest BCUT2D eigenvalue weighted by atomic mass is 79.9. The molecule has 162 valence electrons. The Bertz CT molecular complexity index is 1040. The van der Waals surface area contributed by atoms with Crippen molar-refractivity contribution < 1.29 is 36.2 Å². The smallest absolute Gasteiger partial charge is 0.342 e. The van der Waals surface area contributed by atoms with E-state index in [0.717, 1.165) is 0 Å². The lowest BCUT2D eigenvalue weighted by Gasteiger charge is -2.16. The Morgan fingerprint density at radius 2 is 1.37 bits per heavy atom. The van der Waals surface area contributed by atoms with E-state index >= 15 is 0 Å². The maximum Gasteiger partial charge on any atom is 0.418 e. The van der Waals surface area contributed by atoms with Crippen LogP contribution in [-0.2, 0) is 12.4 Å². The third-order valence-corrected chi connectivity index (χ3v) is 5.16. The minimum Gasteiger partial charge on any atom is -0.342 e. The summed E-state index contributed by atoms with van der Waals surface area (Å²) in [7, 11) is 0. The van der Waals surface area contributed by atoms with Crippen LogP contribution in [0.5, 0.6) is 0 Å². The molecule has 0 radical (unpaired) electrons. The minimum atomic E-state index is -5.25. The maximum atomic E-state index is 13.1. The van der Waals surface area contributed by atoms with E-state index in [1.807, 2.05) is 0 Å². The summed E-state index contributed by atoms with van der Waals surface area (Å²) in [6, 6.07) is 1.12. The van der Waals surface area contributed by atoms with E-state index in [9.17, 15) is 46.6 Å². The Balaban J connectivity index is 2.81. The highest BCUT2D eigenvalue weighted by molar-refractivity contribution is 9.11. The number of benzene rings is 2. The summed E-state index contributed by atoms with van der Waals surface area (Å²) in [5, 5.41) is 23.4. The molecule has 0 fully saturated rings. The summed E-state index contributed by atoms with van der Waals surface area (Å²) in [6.45, 7) is 0. The van der Waals surface area contributed by atoms with Crippen LogP contribution in [0.25, 0.3) is 0 Å². The van der Waals surface area contributed by atoms with Crippen molar-refractivity contribution >= 4 is 66.2 Å². The molecule has 2 aromatic carbocycles. The number of nitrogens with zero attached hydrogens (tertiary/aromatic N) is 2. The van der Waals surface area contributed by atoms with Gasteiger partial charge in [-0.3, -0.25) is 20.2 Å². The quantitative estimate of drug-likeness (QED) is 0.228. The summed E-state index contributed by atoms with van der Waals surface area (Å²) < 4.78 is 77.3. The summed E-state index contributed by atoms with van der Waals surface area (Å²) in [6.07, 6.45) is -10.0. The molecule has 0 atom stereocenters. The van der Waals surface area contributed by atoms with E-state index in [1.54, 1.807) is 0 Å². The largest absolute Gasteiger partial charge is 0.418 e. The highest BCUT2D eigenvalue weighted by Crippen LogP contribution is 2.50. The lowest BCUT2D eigenvalue weighted by Crippen LogP contribution is -2.11. The summed E-state index contributed by atoms with van der Waals surface area (Å²) >= 11 is 11.1. The molecule has 0 aliphatic rings. The minimum absolute atomic E-state index is 0.0104. The zero-order valence-electron chi connectivity index (χ0n) is 13.7. The molecule has 0 aromatic heterocycles. The molecule has 0 bridgehead atoms. The number of hydrogen-bond donors (Lipinski definition) is 1. The monoisotopic (exact) mass is 585 g/mol. The SMILES string of the molecule is O=[N+]([O-])c1cc(C(F)(F)F)c(Cl)c([N+](=O)[O-])c1Nc1c(Br)cc(C(F)(F)F)cc1Br. The van der Waals surface area contributed by atoms with Crippen molar-refractivity contribution in [2.45, 2.75) is 12.4 Å². The van der Waals surface area contributed by atoms with E-state index in [2.05, 4.69) is 37.2 Å². The second-order valence-corrected chi connectivity index (χ2v) is 7.52. The van der Waals surface area contributed by atoms with Gasteiger partial charge >= 0.3 is 23.7 Å². The van der Waals surface area contributed by atoms with E-state index in [0.29, 0.717) is 12.1 Å². The molecule has 0 aliphatic heterocycles. The normalized spacial score (nSPS) is 12.0. The second kappa shape index (κ2) is 8.19. The molecule has 7 nitrogen and oxygen atoms in total. The first-order valence-electron chi connectivity index (χ1n) is 7.11. The van der Waals surface area contributed by atoms with E-state index in [-0.39, 0.29) is 20.7 Å². The lowest BCUT2D eigenvalue weighted by molar-refractivity contribution is -0.392. The lowest BCUT2D eigenvalue weighted by atomic mass is 10.1. The number of nitro groups is 2. The maximum absolute atomic E-state index is 13.1. The van der Waals surface area contributed by atoms with Crippen molar-refractivity contribution in [1.82, 2.24) is 0 Å². The zero-order chi connectivity index (χ0) is 23.2. The predicted octanol–water partition coefficient (Wildman–Crippen LogP) is 7.46. The van der Waals surface area contributed by atoms with Gasteiger partial charge in [0.2, 0.25) is 0 Å². The molecule has 30 heavy (non-hydrogen) atoms. The van der Waals surface area contributed by atoms with Crippen LogP contribution in [-0.4, -0.2) is 9.85 Å². The molecule has 2 aromatic rings. The molecular formula is C14H4Br2ClF6N3O4. The Hall–Kier alpha value is -2.13. The molecule has 1 N–H and O–H groups in total. The molecule has 2 rings (SSSR count). The third-order valence-electron chi connectivity index (χ3n) is 3.52.